The van der Waals surface area contributed by atoms with Gasteiger partial charge in [0.05, 0.1) is 0 Å². The van der Waals surface area contributed by atoms with E-state index in [1.807, 2.05) is 0 Å². The number of hydrogen-bond donors (Lipinski definition) is 0. The Labute approximate surface area is 53.5 Å². The van der Waals surface area contributed by atoms with Crippen molar-refractivity contribution >= 4 is 15.9 Å². The third kappa shape index (κ3) is 3.88. The van der Waals surface area contributed by atoms with Crippen LogP contribution < -0.4 is 0 Å². The van der Waals surface area contributed by atoms with Gasteiger partial charge in [-0.1, -0.05) is 6.92 Å². The number of nitrogens with zero attached hydrogens (tertiary/aromatic N) is 1. The molecule has 0 heterocycles. The third-order valence-electron chi connectivity index (χ3n) is 0.766. The van der Waals surface area contributed by atoms with Gasteiger partial charge in [-0.3, -0.25) is 0 Å². The molecule has 0 aliphatic carbocycles. The van der Waals surface area contributed by atoms with Crippen LogP contribution in [0.3, 0.4) is 0 Å². The lowest BCUT2D eigenvalue weighted by Crippen LogP contribution is -2.05. The molecule has 0 amide bonds. The van der Waals surface area contributed by atoms with Crippen LogP contribution in [0.5, 0.6) is 0 Å². The molecule has 0 aromatic heterocycles. The molecule has 0 saturated heterocycles. The van der Waals surface area contributed by atoms with Crippen LogP contribution in [-0.4, -0.2) is 26.1 Å². The maximum absolute atomic E-state index is 10.5. The SMILES string of the molecule is CCS(=O)(=O)CN=C=O. The van der Waals surface area contributed by atoms with Gasteiger partial charge in [0, 0.05) is 5.75 Å². The average molecular weight is 149 g/mol. The van der Waals surface area contributed by atoms with Crippen molar-refractivity contribution in [3.63, 3.8) is 0 Å². The minimum absolute atomic E-state index is 0.0121. The highest BCUT2D eigenvalue weighted by molar-refractivity contribution is 7.91. The van der Waals surface area contributed by atoms with Crippen molar-refractivity contribution in [1.29, 1.82) is 0 Å². The Morgan fingerprint density at radius 3 is 2.44 bits per heavy atom. The van der Waals surface area contributed by atoms with Crippen LogP contribution in [-0.2, 0) is 14.6 Å². The molecule has 9 heavy (non-hydrogen) atoms. The van der Waals surface area contributed by atoms with E-state index < -0.39 is 15.7 Å². The van der Waals surface area contributed by atoms with Gasteiger partial charge in [0.15, 0.2) is 15.7 Å². The fourth-order valence-electron chi connectivity index (χ4n) is 0.216. The second-order valence-electron chi connectivity index (χ2n) is 1.41. The summed E-state index contributed by atoms with van der Waals surface area (Å²) in [4.78, 5) is 12.3. The van der Waals surface area contributed by atoms with Crippen molar-refractivity contribution in [3.8, 4) is 0 Å². The van der Waals surface area contributed by atoms with Crippen molar-refractivity contribution in [3.05, 3.63) is 0 Å². The van der Waals surface area contributed by atoms with E-state index in [0.29, 0.717) is 0 Å². The maximum Gasteiger partial charge on any atom is 0.235 e. The molecule has 0 aromatic rings. The number of rotatable bonds is 3. The first-order valence-electron chi connectivity index (χ1n) is 2.36. The molecule has 0 N–H and O–H groups in total. The Balaban J connectivity index is 4.05. The van der Waals surface area contributed by atoms with Crippen molar-refractivity contribution < 1.29 is 13.2 Å². The summed E-state index contributed by atoms with van der Waals surface area (Å²) in [5, 5.41) is 0. The van der Waals surface area contributed by atoms with E-state index >= 15 is 0 Å². The van der Waals surface area contributed by atoms with Crippen LogP contribution in [0.4, 0.5) is 0 Å². The summed E-state index contributed by atoms with van der Waals surface area (Å²) in [6, 6.07) is 0. The normalized spacial score (nSPS) is 10.3. The van der Waals surface area contributed by atoms with E-state index in [0.717, 1.165) is 6.08 Å². The average Bonchev–Trinajstić information content (AvgIpc) is 1.84. The molecule has 0 rings (SSSR count). The Kier molecular flexibility index (Phi) is 3.12. The van der Waals surface area contributed by atoms with Crippen LogP contribution in [0.2, 0.25) is 0 Å². The van der Waals surface area contributed by atoms with Crippen molar-refractivity contribution in [2.75, 3.05) is 11.6 Å². The molecule has 0 aromatic carbocycles. The van der Waals surface area contributed by atoms with Gasteiger partial charge in [0.1, 0.15) is 0 Å². The quantitative estimate of drug-likeness (QED) is 0.409. The van der Waals surface area contributed by atoms with Crippen molar-refractivity contribution in [2.24, 2.45) is 4.99 Å². The molecule has 0 radical (unpaired) electrons. The highest BCUT2D eigenvalue weighted by Gasteiger charge is 2.03. The molecule has 5 heteroatoms. The summed E-state index contributed by atoms with van der Waals surface area (Å²) in [6.45, 7) is 1.50. The standard InChI is InChI=1S/C4H7NO3S/c1-2-9(7,8)4-5-3-6/h2,4H2,1H3. The minimum Gasteiger partial charge on any atom is -0.227 e. The van der Waals surface area contributed by atoms with Gasteiger partial charge in [-0.2, -0.15) is 4.99 Å². The summed E-state index contributed by atoms with van der Waals surface area (Å²) < 4.78 is 21.0. The van der Waals surface area contributed by atoms with Crippen LogP contribution >= 0.6 is 0 Å². The first kappa shape index (κ1) is 8.33. The zero-order valence-electron chi connectivity index (χ0n) is 4.99. The third-order valence-corrected chi connectivity index (χ3v) is 2.17. The number of carbonyl (C=O) groups excluding carboxylic acids is 1. The van der Waals surface area contributed by atoms with E-state index in [2.05, 4.69) is 4.99 Å². The smallest absolute Gasteiger partial charge is 0.227 e. The van der Waals surface area contributed by atoms with Gasteiger partial charge in [-0.15, -0.1) is 0 Å². The lowest BCUT2D eigenvalue weighted by atomic mass is 11.0. The summed E-state index contributed by atoms with van der Waals surface area (Å²) in [6.07, 6.45) is 1.15. The van der Waals surface area contributed by atoms with E-state index in [1.165, 1.54) is 6.92 Å². The highest BCUT2D eigenvalue weighted by atomic mass is 32.2. The van der Waals surface area contributed by atoms with Crippen LogP contribution in [0.15, 0.2) is 4.99 Å². The van der Waals surface area contributed by atoms with Gasteiger partial charge < -0.3 is 0 Å². The largest absolute Gasteiger partial charge is 0.235 e. The van der Waals surface area contributed by atoms with Crippen LogP contribution in [0.1, 0.15) is 6.92 Å². The Morgan fingerprint density at radius 2 is 2.11 bits per heavy atom. The highest BCUT2D eigenvalue weighted by Crippen LogP contribution is 1.87. The fraction of sp³-hybridized carbons (Fsp3) is 0.750. The second-order valence-corrected chi connectivity index (χ2v) is 3.73. The Hall–Kier alpha value is -0.670. The topological polar surface area (TPSA) is 63.6 Å². The zero-order chi connectivity index (χ0) is 7.33. The molecule has 0 unspecified atom stereocenters. The van der Waals surface area contributed by atoms with Crippen molar-refractivity contribution in [2.45, 2.75) is 6.92 Å². The van der Waals surface area contributed by atoms with E-state index in [9.17, 15) is 13.2 Å². The lowest BCUT2D eigenvalue weighted by molar-refractivity contribution is 0.562. The van der Waals surface area contributed by atoms with Crippen LogP contribution in [0, 0.1) is 0 Å². The molecule has 0 bridgehead atoms. The molecule has 0 saturated carbocycles. The predicted molar refractivity (Wildman–Crippen MR) is 32.4 cm³/mol. The van der Waals surface area contributed by atoms with Gasteiger partial charge in [0.25, 0.3) is 0 Å². The molecule has 0 spiro atoms. The summed E-state index contributed by atoms with van der Waals surface area (Å²) in [5.74, 6) is -0.425. The molecule has 0 fully saturated rings. The summed E-state index contributed by atoms with van der Waals surface area (Å²) >= 11 is 0. The first-order valence-corrected chi connectivity index (χ1v) is 4.18. The molecule has 4 nitrogen and oxygen atoms in total. The summed E-state index contributed by atoms with van der Waals surface area (Å²) in [5.41, 5.74) is 0. The van der Waals surface area contributed by atoms with E-state index in [1.54, 1.807) is 0 Å². The summed E-state index contributed by atoms with van der Waals surface area (Å²) in [7, 11) is -3.11. The molecular weight excluding hydrogens is 142 g/mol. The number of isocyanates is 1. The molecular formula is C4H7NO3S. The van der Waals surface area contributed by atoms with Gasteiger partial charge in [0.2, 0.25) is 6.08 Å². The zero-order valence-corrected chi connectivity index (χ0v) is 5.81. The monoisotopic (exact) mass is 149 g/mol. The molecule has 0 aliphatic rings. The van der Waals surface area contributed by atoms with Gasteiger partial charge in [-0.05, 0) is 0 Å². The van der Waals surface area contributed by atoms with Gasteiger partial charge in [-0.25, -0.2) is 13.2 Å². The number of hydrogen-bond acceptors (Lipinski definition) is 4. The molecule has 0 atom stereocenters. The Bertz CT molecular complexity index is 212. The van der Waals surface area contributed by atoms with E-state index in [-0.39, 0.29) is 5.75 Å². The second kappa shape index (κ2) is 3.37. The first-order chi connectivity index (χ1) is 4.12. The van der Waals surface area contributed by atoms with Crippen LogP contribution in [0.25, 0.3) is 0 Å². The minimum atomic E-state index is -3.11. The maximum atomic E-state index is 10.5. The predicted octanol–water partition coefficient (Wildman–Crippen LogP) is -0.286. The number of aliphatic imine (C=N–C) groups is 1. The van der Waals surface area contributed by atoms with E-state index in [4.69, 9.17) is 0 Å². The fourth-order valence-corrected chi connectivity index (χ4v) is 0.648. The molecule has 0 aliphatic heterocycles. The van der Waals surface area contributed by atoms with Gasteiger partial charge >= 0.3 is 0 Å². The van der Waals surface area contributed by atoms with Crippen molar-refractivity contribution in [1.82, 2.24) is 0 Å². The lowest BCUT2D eigenvalue weighted by Gasteiger charge is -1.89. The Morgan fingerprint density at radius 1 is 1.56 bits per heavy atom. The molecule has 52 valence electrons. The number of sulfone groups is 1.